The Labute approximate surface area is 211 Å². The molecule has 3 aromatic carbocycles. The number of furan rings is 1. The fourth-order valence-corrected chi connectivity index (χ4v) is 4.87. The predicted molar refractivity (Wildman–Crippen MR) is 139 cm³/mol. The largest absolute Gasteiger partial charge is 0.489 e. The normalized spacial score (nSPS) is 16.8. The first kappa shape index (κ1) is 24.1. The lowest BCUT2D eigenvalue weighted by Crippen LogP contribution is -2.39. The van der Waals surface area contributed by atoms with Crippen molar-refractivity contribution in [1.82, 2.24) is 9.80 Å². The van der Waals surface area contributed by atoms with Crippen molar-refractivity contribution in [2.75, 3.05) is 26.7 Å². The van der Waals surface area contributed by atoms with Gasteiger partial charge in [-0.2, -0.15) is 0 Å². The Morgan fingerprint density at radius 3 is 2.75 bits per heavy atom. The summed E-state index contributed by atoms with van der Waals surface area (Å²) in [5, 5.41) is 0.951. The van der Waals surface area contributed by atoms with Gasteiger partial charge in [-0.3, -0.25) is 9.69 Å². The first-order valence-corrected chi connectivity index (χ1v) is 12.4. The van der Waals surface area contributed by atoms with E-state index in [1.165, 1.54) is 0 Å². The molecule has 1 aliphatic rings. The van der Waals surface area contributed by atoms with Gasteiger partial charge in [-0.1, -0.05) is 54.6 Å². The van der Waals surface area contributed by atoms with Crippen molar-refractivity contribution in [3.05, 3.63) is 102 Å². The molecule has 1 saturated heterocycles. The maximum Gasteiger partial charge on any atom is 0.227 e. The van der Waals surface area contributed by atoms with E-state index < -0.39 is 6.17 Å². The number of hydrogen-bond acceptors (Lipinski definition) is 4. The average molecular weight is 487 g/mol. The molecule has 4 aromatic rings. The second-order valence-electron chi connectivity index (χ2n) is 9.44. The molecule has 0 bridgehead atoms. The number of carbonyl (C=O) groups excluding carboxylic acids is 1. The highest BCUT2D eigenvalue weighted by Gasteiger charge is 2.29. The van der Waals surface area contributed by atoms with Gasteiger partial charge in [0.05, 0.1) is 18.7 Å². The summed E-state index contributed by atoms with van der Waals surface area (Å²) in [5.41, 5.74) is 3.77. The number of likely N-dealkylation sites (N-methyl/N-ethyl adjacent to an activating group) is 1. The second kappa shape index (κ2) is 11.0. The molecule has 6 heteroatoms. The number of nitrogens with zero attached hydrogens (tertiary/aromatic N) is 2. The zero-order valence-corrected chi connectivity index (χ0v) is 20.5. The number of ether oxygens (including phenoxy) is 1. The maximum absolute atomic E-state index is 14.0. The van der Waals surface area contributed by atoms with Crippen LogP contribution in [0.4, 0.5) is 4.39 Å². The SMILES string of the molecule is CN(C(=O)Cc1cccc2occc12)[C@H](CN1CC[C@H](F)C1)c1cccc(OCc2ccccc2)c1. The highest BCUT2D eigenvalue weighted by Crippen LogP contribution is 2.28. The Morgan fingerprint density at radius 2 is 1.94 bits per heavy atom. The van der Waals surface area contributed by atoms with Crippen molar-refractivity contribution < 1.29 is 18.3 Å². The molecule has 1 aliphatic heterocycles. The Morgan fingerprint density at radius 1 is 1.11 bits per heavy atom. The van der Waals surface area contributed by atoms with Crippen LogP contribution in [0, 0.1) is 0 Å². The molecule has 2 heterocycles. The number of fused-ring (bicyclic) bond motifs is 1. The second-order valence-corrected chi connectivity index (χ2v) is 9.44. The Balaban J connectivity index is 1.36. The van der Waals surface area contributed by atoms with Crippen LogP contribution in [0.3, 0.4) is 0 Å². The molecule has 0 unspecified atom stereocenters. The summed E-state index contributed by atoms with van der Waals surface area (Å²) in [4.78, 5) is 17.4. The van der Waals surface area contributed by atoms with Crippen LogP contribution < -0.4 is 4.74 Å². The fraction of sp³-hybridized carbons (Fsp3) is 0.300. The molecule has 1 aromatic heterocycles. The fourth-order valence-electron chi connectivity index (χ4n) is 4.87. The van der Waals surface area contributed by atoms with Crippen LogP contribution in [0.2, 0.25) is 0 Å². The van der Waals surface area contributed by atoms with E-state index in [1.54, 1.807) is 11.2 Å². The van der Waals surface area contributed by atoms with Crippen LogP contribution in [0.1, 0.15) is 29.2 Å². The third kappa shape index (κ3) is 5.60. The summed E-state index contributed by atoms with van der Waals surface area (Å²) >= 11 is 0. The van der Waals surface area contributed by atoms with E-state index >= 15 is 0 Å². The van der Waals surface area contributed by atoms with Crippen molar-refractivity contribution in [2.45, 2.75) is 31.7 Å². The van der Waals surface area contributed by atoms with Gasteiger partial charge in [-0.05, 0) is 47.4 Å². The van der Waals surface area contributed by atoms with Crippen LogP contribution in [-0.2, 0) is 17.8 Å². The molecular weight excluding hydrogens is 455 g/mol. The molecule has 2 atom stereocenters. The van der Waals surface area contributed by atoms with Crippen molar-refractivity contribution in [2.24, 2.45) is 0 Å². The van der Waals surface area contributed by atoms with Gasteiger partial charge in [0.15, 0.2) is 0 Å². The molecule has 5 rings (SSSR count). The molecule has 1 amide bonds. The smallest absolute Gasteiger partial charge is 0.227 e. The molecule has 36 heavy (non-hydrogen) atoms. The van der Waals surface area contributed by atoms with Gasteiger partial charge in [-0.15, -0.1) is 0 Å². The van der Waals surface area contributed by atoms with Crippen LogP contribution in [0.25, 0.3) is 11.0 Å². The minimum absolute atomic E-state index is 0.000280. The number of rotatable bonds is 9. The summed E-state index contributed by atoms with van der Waals surface area (Å²) in [5.74, 6) is 0.746. The summed E-state index contributed by atoms with van der Waals surface area (Å²) in [7, 11) is 1.84. The van der Waals surface area contributed by atoms with E-state index in [1.807, 2.05) is 85.9 Å². The minimum atomic E-state index is -0.814. The van der Waals surface area contributed by atoms with Gasteiger partial charge in [0, 0.05) is 32.1 Å². The Kier molecular flexibility index (Phi) is 7.33. The number of likely N-dealkylation sites (tertiary alicyclic amines) is 1. The number of carbonyl (C=O) groups is 1. The van der Waals surface area contributed by atoms with Crippen LogP contribution in [0.5, 0.6) is 5.75 Å². The van der Waals surface area contributed by atoms with E-state index in [9.17, 15) is 9.18 Å². The molecule has 0 saturated carbocycles. The maximum atomic E-state index is 14.0. The minimum Gasteiger partial charge on any atom is -0.489 e. The predicted octanol–water partition coefficient (Wildman–Crippen LogP) is 5.80. The average Bonchev–Trinajstić information content (AvgIpc) is 3.56. The number of benzene rings is 3. The number of alkyl halides is 1. The summed E-state index contributed by atoms with van der Waals surface area (Å²) < 4.78 is 25.5. The Hall–Kier alpha value is -3.64. The molecule has 0 N–H and O–H groups in total. The molecular formula is C30H31FN2O3. The lowest BCUT2D eigenvalue weighted by molar-refractivity contribution is -0.131. The molecule has 0 aliphatic carbocycles. The van der Waals surface area contributed by atoms with E-state index in [-0.39, 0.29) is 18.4 Å². The van der Waals surface area contributed by atoms with Gasteiger partial charge < -0.3 is 14.1 Å². The van der Waals surface area contributed by atoms with E-state index in [0.717, 1.165) is 33.4 Å². The van der Waals surface area contributed by atoms with E-state index in [4.69, 9.17) is 9.15 Å². The molecule has 0 spiro atoms. The Bertz CT molecular complexity index is 1310. The lowest BCUT2D eigenvalue weighted by atomic mass is 10.0. The number of hydrogen-bond donors (Lipinski definition) is 0. The molecule has 5 nitrogen and oxygen atoms in total. The number of amides is 1. The summed E-state index contributed by atoms with van der Waals surface area (Å²) in [6.07, 6.45) is 1.63. The van der Waals surface area contributed by atoms with Gasteiger partial charge in [-0.25, -0.2) is 4.39 Å². The quantitative estimate of drug-likeness (QED) is 0.300. The molecule has 1 fully saturated rings. The number of halogens is 1. The standard InChI is InChI=1S/C30H31FN2O3/c1-32(30(34)18-23-9-6-12-29-27(23)14-16-35-29)28(20-33-15-13-25(31)19-33)24-10-5-11-26(17-24)36-21-22-7-3-2-4-8-22/h2-12,14,16-17,25,28H,13,15,18-21H2,1H3/t25-,28+/m0/s1. The molecule has 186 valence electrons. The zero-order chi connectivity index (χ0) is 24.9. The third-order valence-electron chi connectivity index (χ3n) is 6.93. The van der Waals surface area contributed by atoms with Gasteiger partial charge in [0.1, 0.15) is 24.1 Å². The van der Waals surface area contributed by atoms with Crippen molar-refractivity contribution >= 4 is 16.9 Å². The molecule has 0 radical (unpaired) electrons. The van der Waals surface area contributed by atoms with E-state index in [0.29, 0.717) is 32.7 Å². The highest BCUT2D eigenvalue weighted by atomic mass is 19.1. The van der Waals surface area contributed by atoms with Crippen molar-refractivity contribution in [1.29, 1.82) is 0 Å². The monoisotopic (exact) mass is 486 g/mol. The van der Waals surface area contributed by atoms with Crippen molar-refractivity contribution in [3.63, 3.8) is 0 Å². The van der Waals surface area contributed by atoms with Gasteiger partial charge in [0.2, 0.25) is 5.91 Å². The first-order valence-electron chi connectivity index (χ1n) is 12.4. The summed E-state index contributed by atoms with van der Waals surface area (Å²) in [6, 6.07) is 25.4. The lowest BCUT2D eigenvalue weighted by Gasteiger charge is -2.32. The van der Waals surface area contributed by atoms with Crippen LogP contribution in [-0.4, -0.2) is 48.6 Å². The van der Waals surface area contributed by atoms with E-state index in [2.05, 4.69) is 4.90 Å². The van der Waals surface area contributed by atoms with Crippen LogP contribution in [0.15, 0.2) is 89.5 Å². The summed E-state index contributed by atoms with van der Waals surface area (Å²) in [6.45, 7) is 2.13. The van der Waals surface area contributed by atoms with Crippen molar-refractivity contribution in [3.8, 4) is 5.75 Å². The highest BCUT2D eigenvalue weighted by molar-refractivity contribution is 5.87. The third-order valence-corrected chi connectivity index (χ3v) is 6.93. The topological polar surface area (TPSA) is 45.9 Å². The first-order chi connectivity index (χ1) is 17.6. The van der Waals surface area contributed by atoms with Crippen LogP contribution >= 0.6 is 0 Å². The van der Waals surface area contributed by atoms with Gasteiger partial charge in [0.25, 0.3) is 0 Å². The zero-order valence-electron chi connectivity index (χ0n) is 20.5. The van der Waals surface area contributed by atoms with Gasteiger partial charge >= 0.3 is 0 Å².